The van der Waals surface area contributed by atoms with Gasteiger partial charge in [-0.15, -0.1) is 0 Å². The van der Waals surface area contributed by atoms with Gasteiger partial charge < -0.3 is 10.3 Å². The molecule has 0 saturated heterocycles. The van der Waals surface area contributed by atoms with Crippen LogP contribution in [0.25, 0.3) is 11.0 Å². The van der Waals surface area contributed by atoms with Crippen LogP contribution in [0, 0.1) is 6.92 Å². The van der Waals surface area contributed by atoms with Gasteiger partial charge in [0.15, 0.2) is 5.16 Å². The van der Waals surface area contributed by atoms with Crippen LogP contribution < -0.4 is 5.32 Å². The summed E-state index contributed by atoms with van der Waals surface area (Å²) in [6.07, 6.45) is 0. The number of H-pyrrole nitrogens is 1. The number of carbonyl (C=O) groups excluding carboxylic acids is 1. The first-order valence-electron chi connectivity index (χ1n) is 6.96. The van der Waals surface area contributed by atoms with E-state index in [1.807, 2.05) is 25.1 Å². The Labute approximate surface area is 157 Å². The molecule has 2 N–H and O–H groups in total. The molecule has 8 heteroatoms. The van der Waals surface area contributed by atoms with Crippen LogP contribution in [0.4, 0.5) is 5.69 Å². The summed E-state index contributed by atoms with van der Waals surface area (Å²) in [5.74, 6) is -0.0589. The Kier molecular flexibility index (Phi) is 5.25. The number of aromatic amines is 1. The molecule has 2 aromatic carbocycles. The summed E-state index contributed by atoms with van der Waals surface area (Å²) >= 11 is 19.3. The lowest BCUT2D eigenvalue weighted by Gasteiger charge is -2.09. The van der Waals surface area contributed by atoms with Gasteiger partial charge in [0.05, 0.1) is 32.5 Å². The molecule has 24 heavy (non-hydrogen) atoms. The fourth-order valence-corrected chi connectivity index (χ4v) is 3.74. The molecule has 3 aromatic rings. The number of carbonyl (C=O) groups is 1. The van der Waals surface area contributed by atoms with Crippen molar-refractivity contribution < 1.29 is 4.79 Å². The highest BCUT2D eigenvalue weighted by Gasteiger charge is 2.12. The monoisotopic (exact) mass is 399 g/mol. The number of aromatic nitrogens is 2. The van der Waals surface area contributed by atoms with E-state index in [0.717, 1.165) is 16.6 Å². The summed E-state index contributed by atoms with van der Waals surface area (Å²) < 4.78 is 0. The molecule has 0 unspecified atom stereocenters. The van der Waals surface area contributed by atoms with Gasteiger partial charge in [0.1, 0.15) is 0 Å². The van der Waals surface area contributed by atoms with Gasteiger partial charge in [0.2, 0.25) is 5.91 Å². The zero-order chi connectivity index (χ0) is 17.3. The van der Waals surface area contributed by atoms with Gasteiger partial charge in [-0.05, 0) is 36.8 Å². The first-order chi connectivity index (χ1) is 11.4. The lowest BCUT2D eigenvalue weighted by molar-refractivity contribution is -0.113. The summed E-state index contributed by atoms with van der Waals surface area (Å²) in [5.41, 5.74) is 3.31. The third kappa shape index (κ3) is 3.98. The van der Waals surface area contributed by atoms with Gasteiger partial charge in [-0.1, -0.05) is 52.6 Å². The fraction of sp³-hybridized carbons (Fsp3) is 0.125. The number of rotatable bonds is 4. The molecule has 1 amide bonds. The van der Waals surface area contributed by atoms with E-state index in [1.54, 1.807) is 0 Å². The predicted octanol–water partition coefficient (Wildman–Crippen LogP) is 5.56. The Bertz CT molecular complexity index is 903. The molecule has 0 aliphatic rings. The summed E-state index contributed by atoms with van der Waals surface area (Å²) in [7, 11) is 0. The summed E-state index contributed by atoms with van der Waals surface area (Å²) in [6, 6.07) is 9.01. The fourth-order valence-electron chi connectivity index (χ4n) is 2.14. The van der Waals surface area contributed by atoms with E-state index >= 15 is 0 Å². The maximum atomic E-state index is 12.1. The van der Waals surface area contributed by atoms with Crippen LogP contribution >= 0.6 is 46.6 Å². The van der Waals surface area contributed by atoms with Crippen LogP contribution in [0.2, 0.25) is 15.1 Å². The molecule has 3 rings (SSSR count). The van der Waals surface area contributed by atoms with Crippen LogP contribution in [0.3, 0.4) is 0 Å². The van der Waals surface area contributed by atoms with Crippen molar-refractivity contribution in [2.45, 2.75) is 12.1 Å². The molecule has 0 aliphatic carbocycles. The number of nitrogens with zero attached hydrogens (tertiary/aromatic N) is 1. The summed E-state index contributed by atoms with van der Waals surface area (Å²) in [5, 5.41) is 4.38. The van der Waals surface area contributed by atoms with Crippen molar-refractivity contribution >= 4 is 69.2 Å². The van der Waals surface area contributed by atoms with Crippen molar-refractivity contribution in [2.75, 3.05) is 11.1 Å². The number of hydrogen-bond acceptors (Lipinski definition) is 3. The van der Waals surface area contributed by atoms with Crippen LogP contribution in [0.5, 0.6) is 0 Å². The largest absolute Gasteiger partial charge is 0.333 e. The van der Waals surface area contributed by atoms with Crippen LogP contribution in [0.1, 0.15) is 5.56 Å². The van der Waals surface area contributed by atoms with Crippen LogP contribution in [-0.4, -0.2) is 21.6 Å². The number of thioether (sulfide) groups is 1. The number of hydrogen-bond donors (Lipinski definition) is 2. The highest BCUT2D eigenvalue weighted by Crippen LogP contribution is 2.33. The van der Waals surface area contributed by atoms with E-state index in [1.165, 1.54) is 23.9 Å². The first kappa shape index (κ1) is 17.4. The SMILES string of the molecule is Cc1ccc2nc(SCC(=O)Nc3c(Cl)cc(Cl)cc3Cl)[nH]c2c1. The lowest BCUT2D eigenvalue weighted by atomic mass is 10.2. The van der Waals surface area contributed by atoms with Gasteiger partial charge in [0, 0.05) is 5.02 Å². The molecule has 0 spiro atoms. The average molecular weight is 401 g/mol. The Morgan fingerprint density at radius 2 is 1.92 bits per heavy atom. The van der Waals surface area contributed by atoms with E-state index < -0.39 is 0 Å². The van der Waals surface area contributed by atoms with Gasteiger partial charge in [-0.2, -0.15) is 0 Å². The van der Waals surface area contributed by atoms with E-state index in [-0.39, 0.29) is 11.7 Å². The second-order valence-corrected chi connectivity index (χ2v) is 7.36. The first-order valence-corrected chi connectivity index (χ1v) is 9.08. The number of anilines is 1. The Morgan fingerprint density at radius 1 is 1.21 bits per heavy atom. The van der Waals surface area contributed by atoms with Crippen molar-refractivity contribution in [3.63, 3.8) is 0 Å². The molecular formula is C16H12Cl3N3OS. The van der Waals surface area contributed by atoms with Crippen molar-refractivity contribution in [1.29, 1.82) is 0 Å². The number of amides is 1. The second kappa shape index (κ2) is 7.23. The Morgan fingerprint density at radius 3 is 2.62 bits per heavy atom. The Hall–Kier alpha value is -1.40. The highest BCUT2D eigenvalue weighted by atomic mass is 35.5. The van der Waals surface area contributed by atoms with Crippen molar-refractivity contribution in [3.05, 3.63) is 51.0 Å². The lowest BCUT2D eigenvalue weighted by Crippen LogP contribution is -2.14. The number of imidazole rings is 1. The van der Waals surface area contributed by atoms with E-state index in [0.29, 0.717) is 25.9 Å². The van der Waals surface area contributed by atoms with E-state index in [4.69, 9.17) is 34.8 Å². The standard InChI is InChI=1S/C16H12Cl3N3OS/c1-8-2-3-12-13(4-8)21-16(20-12)24-7-14(23)22-15-10(18)5-9(17)6-11(15)19/h2-6H,7H2,1H3,(H,20,21)(H,22,23). The van der Waals surface area contributed by atoms with E-state index in [9.17, 15) is 4.79 Å². The third-order valence-electron chi connectivity index (χ3n) is 3.23. The number of benzene rings is 2. The minimum absolute atomic E-state index is 0.175. The summed E-state index contributed by atoms with van der Waals surface area (Å²) in [4.78, 5) is 19.7. The quantitative estimate of drug-likeness (QED) is 0.563. The van der Waals surface area contributed by atoms with E-state index in [2.05, 4.69) is 15.3 Å². The molecule has 124 valence electrons. The van der Waals surface area contributed by atoms with Gasteiger partial charge >= 0.3 is 0 Å². The predicted molar refractivity (Wildman–Crippen MR) is 102 cm³/mol. The zero-order valence-electron chi connectivity index (χ0n) is 12.5. The molecule has 0 saturated carbocycles. The van der Waals surface area contributed by atoms with Crippen LogP contribution in [0.15, 0.2) is 35.5 Å². The number of nitrogens with one attached hydrogen (secondary N) is 2. The third-order valence-corrected chi connectivity index (χ3v) is 4.91. The van der Waals surface area contributed by atoms with Crippen molar-refractivity contribution in [1.82, 2.24) is 9.97 Å². The van der Waals surface area contributed by atoms with Gasteiger partial charge in [-0.25, -0.2) is 4.98 Å². The number of fused-ring (bicyclic) bond motifs is 1. The molecule has 0 aliphatic heterocycles. The van der Waals surface area contributed by atoms with Gasteiger partial charge in [0.25, 0.3) is 0 Å². The normalized spacial score (nSPS) is 11.0. The molecule has 1 heterocycles. The molecule has 1 aromatic heterocycles. The van der Waals surface area contributed by atoms with Crippen molar-refractivity contribution in [3.8, 4) is 0 Å². The second-order valence-electron chi connectivity index (χ2n) is 5.14. The average Bonchev–Trinajstić information content (AvgIpc) is 2.90. The van der Waals surface area contributed by atoms with Crippen molar-refractivity contribution in [2.24, 2.45) is 0 Å². The molecule has 0 fully saturated rings. The topological polar surface area (TPSA) is 57.8 Å². The minimum atomic E-state index is -0.234. The maximum Gasteiger partial charge on any atom is 0.234 e. The van der Waals surface area contributed by atoms with Gasteiger partial charge in [-0.3, -0.25) is 4.79 Å². The molecule has 0 radical (unpaired) electrons. The summed E-state index contributed by atoms with van der Waals surface area (Å²) in [6.45, 7) is 2.01. The molecule has 0 bridgehead atoms. The highest BCUT2D eigenvalue weighted by molar-refractivity contribution is 7.99. The molecule has 4 nitrogen and oxygen atoms in total. The molecule has 0 atom stereocenters. The smallest absolute Gasteiger partial charge is 0.234 e. The van der Waals surface area contributed by atoms with Crippen LogP contribution in [-0.2, 0) is 4.79 Å². The Balaban J connectivity index is 1.67. The maximum absolute atomic E-state index is 12.1. The zero-order valence-corrected chi connectivity index (χ0v) is 15.6. The number of halogens is 3. The minimum Gasteiger partial charge on any atom is -0.333 e. The molecular weight excluding hydrogens is 389 g/mol. The number of aryl methyl sites for hydroxylation is 1.